The van der Waals surface area contributed by atoms with Crippen LogP contribution in [0.5, 0.6) is 5.75 Å². The van der Waals surface area contributed by atoms with Gasteiger partial charge in [0.15, 0.2) is 0 Å². The molecule has 10 heteroatoms. The van der Waals surface area contributed by atoms with Gasteiger partial charge in [-0.15, -0.1) is 0 Å². The van der Waals surface area contributed by atoms with Gasteiger partial charge in [-0.3, -0.25) is 4.98 Å². The Kier molecular flexibility index (Phi) is 7.38. The average Bonchev–Trinajstić information content (AvgIpc) is 2.74. The number of pyridine rings is 1. The molecule has 3 rings (SSSR count). The van der Waals surface area contributed by atoms with Gasteiger partial charge < -0.3 is 14.4 Å². The number of piperidine rings is 1. The summed E-state index contributed by atoms with van der Waals surface area (Å²) < 4.78 is 35.4. The average molecular weight is 479 g/mol. The lowest BCUT2D eigenvalue weighted by molar-refractivity contribution is 0.0361. The zero-order valence-electron chi connectivity index (χ0n) is 19.9. The second kappa shape index (κ2) is 9.72. The summed E-state index contributed by atoms with van der Waals surface area (Å²) in [5.41, 5.74) is 1.19. The van der Waals surface area contributed by atoms with E-state index in [0.717, 1.165) is 48.3 Å². The number of amides is 1. The monoisotopic (exact) mass is 478 g/mol. The van der Waals surface area contributed by atoms with Crippen LogP contribution in [0, 0.1) is 11.8 Å². The highest BCUT2D eigenvalue weighted by Gasteiger charge is 2.33. The van der Waals surface area contributed by atoms with Gasteiger partial charge in [-0.1, -0.05) is 6.92 Å². The molecule has 2 aromatic rings. The van der Waals surface area contributed by atoms with E-state index in [4.69, 9.17) is 14.6 Å². The van der Waals surface area contributed by atoms with Crippen LogP contribution < -0.4 is 14.8 Å². The number of methoxy groups -OCH3 is 1. The van der Waals surface area contributed by atoms with Crippen LogP contribution >= 0.6 is 0 Å². The maximum absolute atomic E-state index is 12.5. The highest BCUT2D eigenvalue weighted by Crippen LogP contribution is 2.33. The number of carbonyl (C=O) groups is 1. The van der Waals surface area contributed by atoms with Gasteiger partial charge in [0.25, 0.3) is 0 Å². The molecule has 1 saturated heterocycles. The molecule has 2 heterocycles. The Labute approximate surface area is 196 Å². The molecule has 1 fully saturated rings. The van der Waals surface area contributed by atoms with Crippen molar-refractivity contribution in [1.29, 1.82) is 0 Å². The molecular formula is C23H34N4O5S. The second-order valence-electron chi connectivity index (χ2n) is 9.57. The van der Waals surface area contributed by atoms with Crippen LogP contribution in [0.15, 0.2) is 30.5 Å². The van der Waals surface area contributed by atoms with Gasteiger partial charge in [0.05, 0.1) is 12.6 Å². The molecule has 1 aromatic heterocycles. The van der Waals surface area contributed by atoms with Crippen LogP contribution in [-0.4, -0.2) is 56.1 Å². The summed E-state index contributed by atoms with van der Waals surface area (Å²) in [6.07, 6.45) is 2.60. The molecule has 0 saturated carbocycles. The van der Waals surface area contributed by atoms with Crippen LogP contribution in [0.4, 0.5) is 10.5 Å². The molecule has 182 valence electrons. The lowest BCUT2D eigenvalue weighted by Gasteiger charge is -2.37. The molecule has 1 atom stereocenters. The molecule has 0 spiro atoms. The number of fused-ring (bicyclic) bond motifs is 1. The molecule has 0 aliphatic carbocycles. The van der Waals surface area contributed by atoms with Crippen LogP contribution in [0.25, 0.3) is 10.9 Å². The maximum Gasteiger partial charge on any atom is 0.425 e. The molecule has 33 heavy (non-hydrogen) atoms. The van der Waals surface area contributed by atoms with Gasteiger partial charge in [-0.2, -0.15) is 12.7 Å². The molecule has 9 nitrogen and oxygen atoms in total. The third kappa shape index (κ3) is 6.26. The Hall–Kier alpha value is -2.59. The number of benzene rings is 1. The molecule has 2 N–H and O–H groups in total. The van der Waals surface area contributed by atoms with Crippen molar-refractivity contribution >= 4 is 32.9 Å². The molecule has 0 bridgehead atoms. The number of nitrogens with zero attached hydrogens (tertiary/aromatic N) is 3. The molecule has 1 aliphatic heterocycles. The summed E-state index contributed by atoms with van der Waals surface area (Å²) in [4.78, 5) is 19.2. The van der Waals surface area contributed by atoms with Gasteiger partial charge >= 0.3 is 16.3 Å². The van der Waals surface area contributed by atoms with Crippen LogP contribution in [0.3, 0.4) is 0 Å². The van der Waals surface area contributed by atoms with E-state index >= 15 is 0 Å². The SMILES string of the molecule is COc1ccc2nccc(N3CCC(C(C)CN(C(=O)OC(C)(C)C)S(N)(=O)=O)CC3)c2c1. The fraction of sp³-hybridized carbons (Fsp3) is 0.565. The van der Waals surface area contributed by atoms with Gasteiger partial charge in [0.2, 0.25) is 0 Å². The minimum Gasteiger partial charge on any atom is -0.497 e. The first-order valence-electron chi connectivity index (χ1n) is 11.1. The number of hydrogen-bond donors (Lipinski definition) is 1. The normalized spacial score (nSPS) is 16.5. The van der Waals surface area contributed by atoms with E-state index in [9.17, 15) is 13.2 Å². The minimum atomic E-state index is -4.23. The summed E-state index contributed by atoms with van der Waals surface area (Å²) in [6.45, 7) is 8.63. The van der Waals surface area contributed by atoms with Gasteiger partial charge in [-0.25, -0.2) is 9.93 Å². The molecule has 1 amide bonds. The van der Waals surface area contributed by atoms with Crippen LogP contribution in [-0.2, 0) is 14.9 Å². The van der Waals surface area contributed by atoms with Crippen molar-refractivity contribution in [3.63, 3.8) is 0 Å². The topological polar surface area (TPSA) is 115 Å². The summed E-state index contributed by atoms with van der Waals surface area (Å²) in [6, 6.07) is 7.86. The Morgan fingerprint density at radius 3 is 2.52 bits per heavy atom. The standard InChI is InChI=1S/C23H34N4O5S/c1-16(15-27(33(24,29)30)22(28)32-23(2,3)4)17-9-12-26(13-10-17)21-8-11-25-20-7-6-18(31-5)14-19(20)21/h6-8,11,14,16-17H,9-10,12-13,15H2,1-5H3,(H2,24,29,30). The molecule has 1 unspecified atom stereocenters. The van der Waals surface area contributed by atoms with E-state index in [0.29, 0.717) is 4.31 Å². The Balaban J connectivity index is 1.69. The predicted octanol–water partition coefficient (Wildman–Crippen LogP) is 3.54. The second-order valence-corrected chi connectivity index (χ2v) is 11.0. The lowest BCUT2D eigenvalue weighted by atomic mass is 9.85. The van der Waals surface area contributed by atoms with Crippen LogP contribution in [0.2, 0.25) is 0 Å². The van der Waals surface area contributed by atoms with Gasteiger partial charge in [0.1, 0.15) is 11.4 Å². The number of carbonyl (C=O) groups excluding carboxylic acids is 1. The molecular weight excluding hydrogens is 444 g/mol. The number of hydrogen-bond acceptors (Lipinski definition) is 7. The van der Waals surface area contributed by atoms with Crippen molar-refractivity contribution in [2.45, 2.75) is 46.1 Å². The summed E-state index contributed by atoms with van der Waals surface area (Å²) in [5, 5.41) is 6.36. The largest absolute Gasteiger partial charge is 0.497 e. The fourth-order valence-corrected chi connectivity index (χ4v) is 4.92. The quantitative estimate of drug-likeness (QED) is 0.675. The van der Waals surface area contributed by atoms with E-state index in [1.165, 1.54) is 0 Å². The number of ether oxygens (including phenoxy) is 2. The van der Waals surface area contributed by atoms with Crippen molar-refractivity contribution in [3.8, 4) is 5.75 Å². The van der Waals surface area contributed by atoms with E-state index in [1.807, 2.05) is 37.4 Å². The Morgan fingerprint density at radius 1 is 1.27 bits per heavy atom. The fourth-order valence-electron chi connectivity index (χ4n) is 4.23. The summed E-state index contributed by atoms with van der Waals surface area (Å²) in [5.74, 6) is 0.966. The van der Waals surface area contributed by atoms with Crippen molar-refractivity contribution in [2.24, 2.45) is 17.0 Å². The summed E-state index contributed by atoms with van der Waals surface area (Å²) >= 11 is 0. The van der Waals surface area contributed by atoms with Crippen LogP contribution in [0.1, 0.15) is 40.5 Å². The zero-order chi connectivity index (χ0) is 24.4. The third-order valence-corrected chi connectivity index (χ3v) is 6.88. The number of aromatic nitrogens is 1. The van der Waals surface area contributed by atoms with Gasteiger partial charge in [-0.05, 0) is 69.7 Å². The van der Waals surface area contributed by atoms with E-state index in [1.54, 1.807) is 27.9 Å². The van der Waals surface area contributed by atoms with Crippen molar-refractivity contribution in [2.75, 3.05) is 31.6 Å². The van der Waals surface area contributed by atoms with Crippen molar-refractivity contribution in [1.82, 2.24) is 9.29 Å². The first-order valence-corrected chi connectivity index (χ1v) is 12.6. The third-order valence-electron chi connectivity index (χ3n) is 5.97. The lowest BCUT2D eigenvalue weighted by Crippen LogP contribution is -2.47. The highest BCUT2D eigenvalue weighted by molar-refractivity contribution is 7.87. The molecule has 0 radical (unpaired) electrons. The zero-order valence-corrected chi connectivity index (χ0v) is 20.8. The van der Waals surface area contributed by atoms with E-state index < -0.39 is 21.9 Å². The smallest absolute Gasteiger partial charge is 0.425 e. The number of anilines is 1. The first kappa shape index (κ1) is 25.0. The Bertz CT molecular complexity index is 1090. The number of nitrogens with two attached hydrogens (primary N) is 1. The van der Waals surface area contributed by atoms with Crippen molar-refractivity contribution < 1.29 is 22.7 Å². The van der Waals surface area contributed by atoms with Gasteiger partial charge in [0, 0.05) is 36.9 Å². The highest BCUT2D eigenvalue weighted by atomic mass is 32.2. The van der Waals surface area contributed by atoms with E-state index in [2.05, 4.69) is 9.88 Å². The molecule has 1 aliphatic rings. The molecule has 1 aromatic carbocycles. The predicted molar refractivity (Wildman–Crippen MR) is 128 cm³/mol. The maximum atomic E-state index is 12.5. The Morgan fingerprint density at radius 2 is 1.94 bits per heavy atom. The minimum absolute atomic E-state index is 0.00615. The number of rotatable bonds is 6. The summed E-state index contributed by atoms with van der Waals surface area (Å²) in [7, 11) is -2.58. The first-order chi connectivity index (χ1) is 15.4. The van der Waals surface area contributed by atoms with E-state index in [-0.39, 0.29) is 18.4 Å². The van der Waals surface area contributed by atoms with Crippen molar-refractivity contribution in [3.05, 3.63) is 30.5 Å².